The number of carbonyl (C=O) groups is 3. The average Bonchev–Trinajstić information content (AvgIpc) is 2.28. The SMILES string of the molecule is CNC(=O)C1C=C2C(=O)CCCC2=NC1=O. The highest BCUT2D eigenvalue weighted by atomic mass is 16.2. The normalized spacial score (nSPS) is 24.4. The maximum atomic E-state index is 11.6. The van der Waals surface area contributed by atoms with Crippen LogP contribution in [-0.2, 0) is 14.4 Å². The van der Waals surface area contributed by atoms with Gasteiger partial charge in [0.05, 0.1) is 5.71 Å². The van der Waals surface area contributed by atoms with Crippen LogP contribution in [0.5, 0.6) is 0 Å². The van der Waals surface area contributed by atoms with Crippen LogP contribution >= 0.6 is 0 Å². The number of allylic oxidation sites excluding steroid dienone is 1. The van der Waals surface area contributed by atoms with E-state index in [0.717, 1.165) is 6.42 Å². The first-order valence-corrected chi connectivity index (χ1v) is 5.22. The minimum absolute atomic E-state index is 0.0218. The number of aliphatic imine (C=N–C) groups is 1. The zero-order valence-electron chi connectivity index (χ0n) is 8.95. The molecule has 0 spiro atoms. The van der Waals surface area contributed by atoms with Gasteiger partial charge in [-0.1, -0.05) is 6.08 Å². The smallest absolute Gasteiger partial charge is 0.262 e. The monoisotopic (exact) mass is 220 g/mol. The predicted octanol–water partition coefficient (Wildman–Crippen LogP) is 0.00920. The minimum Gasteiger partial charge on any atom is -0.358 e. The van der Waals surface area contributed by atoms with E-state index in [0.29, 0.717) is 24.1 Å². The average molecular weight is 220 g/mol. The van der Waals surface area contributed by atoms with E-state index in [1.165, 1.54) is 13.1 Å². The summed E-state index contributed by atoms with van der Waals surface area (Å²) in [7, 11) is 1.45. The molecule has 1 unspecified atom stereocenters. The fourth-order valence-electron chi connectivity index (χ4n) is 1.94. The molecule has 2 aliphatic rings. The lowest BCUT2D eigenvalue weighted by Crippen LogP contribution is -2.36. The molecular weight excluding hydrogens is 208 g/mol. The Hall–Kier alpha value is -1.78. The third-order valence-electron chi connectivity index (χ3n) is 2.80. The summed E-state index contributed by atoms with van der Waals surface area (Å²) in [5.41, 5.74) is 1.00. The number of rotatable bonds is 1. The van der Waals surface area contributed by atoms with Crippen LogP contribution in [0.4, 0.5) is 0 Å². The van der Waals surface area contributed by atoms with Crippen molar-refractivity contribution in [2.75, 3.05) is 7.05 Å². The van der Waals surface area contributed by atoms with Crippen molar-refractivity contribution in [2.24, 2.45) is 10.9 Å². The standard InChI is InChI=1S/C11H12N2O3/c1-12-10(15)7-5-6-8(13-11(7)16)3-2-4-9(6)14/h5,7H,2-4H2,1H3,(H,12,15). The van der Waals surface area contributed by atoms with Crippen molar-refractivity contribution in [1.82, 2.24) is 5.32 Å². The molecule has 16 heavy (non-hydrogen) atoms. The second kappa shape index (κ2) is 4.00. The highest BCUT2D eigenvalue weighted by molar-refractivity contribution is 6.28. The van der Waals surface area contributed by atoms with Gasteiger partial charge in [-0.2, -0.15) is 0 Å². The van der Waals surface area contributed by atoms with Crippen LogP contribution in [0.25, 0.3) is 0 Å². The second-order valence-corrected chi connectivity index (χ2v) is 3.85. The van der Waals surface area contributed by atoms with Crippen LogP contribution in [0.1, 0.15) is 19.3 Å². The van der Waals surface area contributed by atoms with Gasteiger partial charge in [-0.3, -0.25) is 14.4 Å². The number of amides is 2. The molecule has 2 rings (SSSR count). The van der Waals surface area contributed by atoms with Gasteiger partial charge < -0.3 is 5.32 Å². The number of hydrogen-bond donors (Lipinski definition) is 1. The molecule has 84 valence electrons. The number of dihydropyridines is 1. The van der Waals surface area contributed by atoms with Gasteiger partial charge in [-0.05, 0) is 12.8 Å². The van der Waals surface area contributed by atoms with E-state index >= 15 is 0 Å². The van der Waals surface area contributed by atoms with Crippen LogP contribution in [0.2, 0.25) is 0 Å². The summed E-state index contributed by atoms with van der Waals surface area (Å²) in [4.78, 5) is 38.4. The van der Waals surface area contributed by atoms with Gasteiger partial charge in [0.2, 0.25) is 5.91 Å². The summed E-state index contributed by atoms with van der Waals surface area (Å²) < 4.78 is 0. The lowest BCUT2D eigenvalue weighted by Gasteiger charge is -2.21. The maximum absolute atomic E-state index is 11.6. The number of fused-ring (bicyclic) bond motifs is 1. The van der Waals surface area contributed by atoms with Gasteiger partial charge in [0.1, 0.15) is 5.92 Å². The van der Waals surface area contributed by atoms with Crippen molar-refractivity contribution < 1.29 is 14.4 Å². The molecule has 0 bridgehead atoms. The Morgan fingerprint density at radius 1 is 1.44 bits per heavy atom. The van der Waals surface area contributed by atoms with E-state index in [1.807, 2.05) is 0 Å². The summed E-state index contributed by atoms with van der Waals surface area (Å²) in [5.74, 6) is -1.86. The Kier molecular flexibility index (Phi) is 2.68. The van der Waals surface area contributed by atoms with Gasteiger partial charge >= 0.3 is 0 Å². The molecule has 1 aliphatic carbocycles. The van der Waals surface area contributed by atoms with Crippen molar-refractivity contribution in [1.29, 1.82) is 0 Å². The summed E-state index contributed by atoms with van der Waals surface area (Å²) in [5, 5.41) is 2.39. The molecular formula is C11H12N2O3. The molecule has 0 aromatic carbocycles. The summed E-state index contributed by atoms with van der Waals surface area (Å²) in [6.07, 6.45) is 3.29. The quantitative estimate of drug-likeness (QED) is 0.632. The maximum Gasteiger partial charge on any atom is 0.262 e. The third-order valence-corrected chi connectivity index (χ3v) is 2.80. The fraction of sp³-hybridized carbons (Fsp3) is 0.455. The van der Waals surface area contributed by atoms with Gasteiger partial charge in [0.25, 0.3) is 5.91 Å². The number of hydrogen-bond acceptors (Lipinski definition) is 3. The zero-order chi connectivity index (χ0) is 11.7. The Morgan fingerprint density at radius 2 is 2.19 bits per heavy atom. The highest BCUT2D eigenvalue weighted by Crippen LogP contribution is 2.24. The summed E-state index contributed by atoms with van der Waals surface area (Å²) in [6.45, 7) is 0. The molecule has 1 saturated carbocycles. The van der Waals surface area contributed by atoms with E-state index in [9.17, 15) is 14.4 Å². The molecule has 1 aliphatic heterocycles. The number of carbonyl (C=O) groups excluding carboxylic acids is 3. The molecule has 1 atom stereocenters. The number of nitrogens with one attached hydrogen (secondary N) is 1. The first-order valence-electron chi connectivity index (χ1n) is 5.22. The molecule has 1 N–H and O–H groups in total. The molecule has 0 aromatic heterocycles. The molecule has 0 aromatic rings. The van der Waals surface area contributed by atoms with E-state index in [-0.39, 0.29) is 5.78 Å². The van der Waals surface area contributed by atoms with Crippen LogP contribution in [0.3, 0.4) is 0 Å². The minimum atomic E-state index is -0.939. The van der Waals surface area contributed by atoms with Crippen molar-refractivity contribution in [3.8, 4) is 0 Å². The molecule has 1 heterocycles. The largest absolute Gasteiger partial charge is 0.358 e. The Labute approximate surface area is 92.6 Å². The number of ketones is 1. The van der Waals surface area contributed by atoms with Crippen LogP contribution in [-0.4, -0.2) is 30.4 Å². The molecule has 0 radical (unpaired) electrons. The lowest BCUT2D eigenvalue weighted by molar-refractivity contribution is -0.131. The first-order chi connectivity index (χ1) is 7.63. The van der Waals surface area contributed by atoms with Gasteiger partial charge in [-0.25, -0.2) is 4.99 Å². The van der Waals surface area contributed by atoms with Crippen molar-refractivity contribution in [2.45, 2.75) is 19.3 Å². The number of Topliss-reactive ketones (excluding diaryl/α,β-unsaturated/α-hetero) is 1. The Bertz CT molecular complexity index is 435. The predicted molar refractivity (Wildman–Crippen MR) is 56.9 cm³/mol. The van der Waals surface area contributed by atoms with Crippen molar-refractivity contribution in [3.63, 3.8) is 0 Å². The molecule has 0 saturated heterocycles. The lowest BCUT2D eigenvalue weighted by atomic mass is 9.86. The number of nitrogens with zero attached hydrogens (tertiary/aromatic N) is 1. The van der Waals surface area contributed by atoms with Gasteiger partial charge in [-0.15, -0.1) is 0 Å². The molecule has 2 amide bonds. The topological polar surface area (TPSA) is 75.6 Å². The van der Waals surface area contributed by atoms with Gasteiger partial charge in [0.15, 0.2) is 5.78 Å². The van der Waals surface area contributed by atoms with E-state index in [1.54, 1.807) is 0 Å². The van der Waals surface area contributed by atoms with E-state index in [4.69, 9.17) is 0 Å². The van der Waals surface area contributed by atoms with Crippen LogP contribution in [0.15, 0.2) is 16.6 Å². The van der Waals surface area contributed by atoms with Gasteiger partial charge in [0, 0.05) is 19.0 Å². The fourth-order valence-corrected chi connectivity index (χ4v) is 1.94. The van der Waals surface area contributed by atoms with Crippen molar-refractivity contribution in [3.05, 3.63) is 11.6 Å². The third kappa shape index (κ3) is 1.68. The van der Waals surface area contributed by atoms with Crippen LogP contribution < -0.4 is 5.32 Å². The zero-order valence-corrected chi connectivity index (χ0v) is 8.95. The molecule has 1 fully saturated rings. The second-order valence-electron chi connectivity index (χ2n) is 3.85. The van der Waals surface area contributed by atoms with E-state index < -0.39 is 17.7 Å². The van der Waals surface area contributed by atoms with E-state index in [2.05, 4.69) is 10.3 Å². The molecule has 5 nitrogen and oxygen atoms in total. The summed E-state index contributed by atoms with van der Waals surface area (Å²) >= 11 is 0. The first kappa shape index (κ1) is 10.7. The van der Waals surface area contributed by atoms with Crippen molar-refractivity contribution >= 4 is 23.3 Å². The Morgan fingerprint density at radius 3 is 2.88 bits per heavy atom. The summed E-state index contributed by atoms with van der Waals surface area (Å²) in [6, 6.07) is 0. The molecule has 5 heteroatoms. The van der Waals surface area contributed by atoms with Crippen LogP contribution in [0, 0.1) is 5.92 Å². The highest BCUT2D eigenvalue weighted by Gasteiger charge is 2.33. The Balaban J connectivity index is 2.35.